The molecule has 1 aromatic carbocycles. The minimum atomic E-state index is 0.441. The molecule has 1 aliphatic rings. The van der Waals surface area contributed by atoms with E-state index in [9.17, 15) is 0 Å². The molecule has 4 heteroatoms. The lowest BCUT2D eigenvalue weighted by atomic mass is 10.1. The Morgan fingerprint density at radius 3 is 2.95 bits per heavy atom. The van der Waals surface area contributed by atoms with E-state index in [0.717, 1.165) is 43.3 Å². The maximum atomic E-state index is 5.74. The van der Waals surface area contributed by atoms with E-state index in [4.69, 9.17) is 22.7 Å². The van der Waals surface area contributed by atoms with Crippen LogP contribution in [-0.4, -0.2) is 24.7 Å². The molecule has 0 spiro atoms. The average Bonchev–Trinajstić information content (AvgIpc) is 3.19. The zero-order chi connectivity index (χ0) is 13.7. The fourth-order valence-corrected chi connectivity index (χ4v) is 2.12. The van der Waals surface area contributed by atoms with Gasteiger partial charge in [0.05, 0.1) is 0 Å². The first-order valence-electron chi connectivity index (χ1n) is 6.89. The summed E-state index contributed by atoms with van der Waals surface area (Å²) in [5.74, 6) is 0.839. The van der Waals surface area contributed by atoms with E-state index in [-0.39, 0.29) is 0 Å². The lowest BCUT2D eigenvalue weighted by Crippen LogP contribution is -2.14. The second-order valence-electron chi connectivity index (χ2n) is 5.21. The zero-order valence-corrected chi connectivity index (χ0v) is 12.3. The Labute approximate surface area is 120 Å². The topological polar surface area (TPSA) is 47.3 Å². The monoisotopic (exact) mass is 278 g/mol. The largest absolute Gasteiger partial charge is 0.389 e. The first-order valence-corrected chi connectivity index (χ1v) is 7.29. The van der Waals surface area contributed by atoms with Gasteiger partial charge in [-0.15, -0.1) is 0 Å². The van der Waals surface area contributed by atoms with Gasteiger partial charge < -0.3 is 15.8 Å². The highest BCUT2D eigenvalue weighted by Gasteiger charge is 2.20. The molecule has 0 unspecified atom stereocenters. The molecule has 0 atom stereocenters. The highest BCUT2D eigenvalue weighted by Crippen LogP contribution is 2.28. The first kappa shape index (κ1) is 14.3. The van der Waals surface area contributed by atoms with E-state index < -0.39 is 0 Å². The van der Waals surface area contributed by atoms with Crippen LogP contribution in [0.4, 0.5) is 5.69 Å². The quantitative estimate of drug-likeness (QED) is 0.567. The predicted octanol–water partition coefficient (Wildman–Crippen LogP) is 2.86. The Kier molecular flexibility index (Phi) is 5.16. The summed E-state index contributed by atoms with van der Waals surface area (Å²) in [5.41, 5.74) is 8.85. The van der Waals surface area contributed by atoms with E-state index in [1.807, 2.05) is 19.1 Å². The van der Waals surface area contributed by atoms with Crippen molar-refractivity contribution in [3.63, 3.8) is 0 Å². The van der Waals surface area contributed by atoms with Crippen molar-refractivity contribution in [3.05, 3.63) is 29.3 Å². The van der Waals surface area contributed by atoms with Gasteiger partial charge in [0.25, 0.3) is 0 Å². The maximum absolute atomic E-state index is 5.74. The van der Waals surface area contributed by atoms with Crippen molar-refractivity contribution in [1.29, 1.82) is 0 Å². The number of ether oxygens (including phenoxy) is 1. The van der Waals surface area contributed by atoms with Gasteiger partial charge in [-0.05, 0) is 44.2 Å². The summed E-state index contributed by atoms with van der Waals surface area (Å²) >= 11 is 5.08. The van der Waals surface area contributed by atoms with Crippen molar-refractivity contribution in [2.45, 2.75) is 26.2 Å². The number of benzene rings is 1. The highest BCUT2D eigenvalue weighted by molar-refractivity contribution is 7.80. The van der Waals surface area contributed by atoms with Gasteiger partial charge in [0.1, 0.15) is 4.99 Å². The molecular weight excluding hydrogens is 256 g/mol. The number of rotatable bonds is 8. The molecule has 0 radical (unpaired) electrons. The van der Waals surface area contributed by atoms with E-state index >= 15 is 0 Å². The van der Waals surface area contributed by atoms with E-state index in [1.54, 1.807) is 0 Å². The molecule has 1 saturated carbocycles. The lowest BCUT2D eigenvalue weighted by molar-refractivity contribution is 0.124. The van der Waals surface area contributed by atoms with Crippen LogP contribution in [0.5, 0.6) is 0 Å². The molecule has 19 heavy (non-hydrogen) atoms. The Morgan fingerprint density at radius 2 is 2.26 bits per heavy atom. The number of nitrogens with one attached hydrogen (secondary N) is 1. The van der Waals surface area contributed by atoms with Crippen molar-refractivity contribution in [3.8, 4) is 0 Å². The van der Waals surface area contributed by atoms with Crippen LogP contribution in [0.15, 0.2) is 18.2 Å². The van der Waals surface area contributed by atoms with Gasteiger partial charge in [0, 0.05) is 31.0 Å². The van der Waals surface area contributed by atoms with Gasteiger partial charge in [-0.3, -0.25) is 0 Å². The SMILES string of the molecule is Cc1ccc(NCCCOCC2CC2)c(C(N)=S)c1. The fourth-order valence-electron chi connectivity index (χ4n) is 1.95. The van der Waals surface area contributed by atoms with Crippen molar-refractivity contribution in [2.24, 2.45) is 11.7 Å². The Bertz CT molecular complexity index is 444. The molecular formula is C15H22N2OS. The van der Waals surface area contributed by atoms with Crippen LogP contribution in [0.3, 0.4) is 0 Å². The number of anilines is 1. The summed E-state index contributed by atoms with van der Waals surface area (Å²) in [5, 5.41) is 3.38. The normalized spacial score (nSPS) is 14.4. The fraction of sp³-hybridized carbons (Fsp3) is 0.533. The van der Waals surface area contributed by atoms with Crippen LogP contribution in [0.1, 0.15) is 30.4 Å². The van der Waals surface area contributed by atoms with Crippen LogP contribution in [0.25, 0.3) is 0 Å². The molecule has 0 bridgehead atoms. The third kappa shape index (κ3) is 4.80. The zero-order valence-electron chi connectivity index (χ0n) is 11.4. The van der Waals surface area contributed by atoms with Crippen LogP contribution in [0, 0.1) is 12.8 Å². The molecule has 3 nitrogen and oxygen atoms in total. The second kappa shape index (κ2) is 6.87. The number of aryl methyl sites for hydroxylation is 1. The molecule has 0 amide bonds. The van der Waals surface area contributed by atoms with Gasteiger partial charge in [-0.25, -0.2) is 0 Å². The predicted molar refractivity (Wildman–Crippen MR) is 83.7 cm³/mol. The Balaban J connectivity index is 1.73. The molecule has 104 valence electrons. The van der Waals surface area contributed by atoms with Crippen molar-refractivity contribution in [2.75, 3.05) is 25.1 Å². The summed E-state index contributed by atoms with van der Waals surface area (Å²) in [6.45, 7) is 4.67. The summed E-state index contributed by atoms with van der Waals surface area (Å²) in [6.07, 6.45) is 3.69. The van der Waals surface area contributed by atoms with Crippen molar-refractivity contribution >= 4 is 22.9 Å². The maximum Gasteiger partial charge on any atom is 0.106 e. The first-order chi connectivity index (χ1) is 9.16. The molecule has 1 aliphatic carbocycles. The number of hydrogen-bond donors (Lipinski definition) is 2. The minimum Gasteiger partial charge on any atom is -0.389 e. The smallest absolute Gasteiger partial charge is 0.106 e. The van der Waals surface area contributed by atoms with Crippen LogP contribution in [-0.2, 0) is 4.74 Å². The number of hydrogen-bond acceptors (Lipinski definition) is 3. The van der Waals surface area contributed by atoms with Gasteiger partial charge in [-0.2, -0.15) is 0 Å². The van der Waals surface area contributed by atoms with E-state index in [2.05, 4.69) is 11.4 Å². The standard InChI is InChI=1S/C15H22N2OS/c1-11-3-6-14(13(9-11)15(16)19)17-7-2-8-18-10-12-4-5-12/h3,6,9,12,17H,2,4-5,7-8,10H2,1H3,(H2,16,19). The van der Waals surface area contributed by atoms with Crippen LogP contribution in [0.2, 0.25) is 0 Å². The molecule has 0 saturated heterocycles. The van der Waals surface area contributed by atoms with Gasteiger partial charge in [0.2, 0.25) is 0 Å². The Hall–Kier alpha value is -1.13. The number of nitrogens with two attached hydrogens (primary N) is 1. The molecule has 1 fully saturated rings. The van der Waals surface area contributed by atoms with Crippen molar-refractivity contribution < 1.29 is 4.74 Å². The van der Waals surface area contributed by atoms with Gasteiger partial charge in [-0.1, -0.05) is 23.8 Å². The average molecular weight is 278 g/mol. The summed E-state index contributed by atoms with van der Waals surface area (Å²) in [4.78, 5) is 0.441. The third-order valence-corrected chi connectivity index (χ3v) is 3.49. The van der Waals surface area contributed by atoms with Crippen LogP contribution < -0.4 is 11.1 Å². The summed E-state index contributed by atoms with van der Waals surface area (Å²) in [6, 6.07) is 6.12. The van der Waals surface area contributed by atoms with E-state index in [1.165, 1.54) is 18.4 Å². The lowest BCUT2D eigenvalue weighted by Gasteiger charge is -2.12. The van der Waals surface area contributed by atoms with E-state index in [0.29, 0.717) is 4.99 Å². The van der Waals surface area contributed by atoms with Crippen molar-refractivity contribution in [1.82, 2.24) is 0 Å². The minimum absolute atomic E-state index is 0.441. The molecule has 1 aromatic rings. The molecule has 0 heterocycles. The Morgan fingerprint density at radius 1 is 1.47 bits per heavy atom. The summed E-state index contributed by atoms with van der Waals surface area (Å²) < 4.78 is 5.60. The summed E-state index contributed by atoms with van der Waals surface area (Å²) in [7, 11) is 0. The molecule has 3 N–H and O–H groups in total. The van der Waals surface area contributed by atoms with Gasteiger partial charge in [0.15, 0.2) is 0 Å². The molecule has 0 aliphatic heterocycles. The second-order valence-corrected chi connectivity index (χ2v) is 5.65. The highest BCUT2D eigenvalue weighted by atomic mass is 32.1. The van der Waals surface area contributed by atoms with Crippen LogP contribution >= 0.6 is 12.2 Å². The number of thiocarbonyl (C=S) groups is 1. The molecule has 0 aromatic heterocycles. The van der Waals surface area contributed by atoms with Gasteiger partial charge >= 0.3 is 0 Å². The molecule has 2 rings (SSSR count). The third-order valence-electron chi connectivity index (χ3n) is 3.27.